The minimum atomic E-state index is -0.335. The molecule has 2 rings (SSSR count). The van der Waals surface area contributed by atoms with E-state index in [0.29, 0.717) is 36.0 Å². The zero-order valence-corrected chi connectivity index (χ0v) is 15.5. The molecule has 0 atom stereocenters. The molecule has 2 aromatic carbocycles. The van der Waals surface area contributed by atoms with E-state index < -0.39 is 0 Å². The third-order valence-electron chi connectivity index (χ3n) is 3.31. The molecule has 0 heterocycles. The van der Waals surface area contributed by atoms with E-state index in [1.165, 1.54) is 0 Å². The first-order valence-corrected chi connectivity index (χ1v) is 8.73. The number of para-hydroxylation sites is 3. The maximum Gasteiger partial charge on any atom is 0.261 e. The molecule has 0 aliphatic rings. The topological polar surface area (TPSA) is 59.6 Å². The molecule has 0 saturated heterocycles. The number of amides is 1. The van der Waals surface area contributed by atoms with Crippen molar-refractivity contribution >= 4 is 28.9 Å². The molecule has 0 aromatic heterocycles. The second kappa shape index (κ2) is 10.2. The van der Waals surface area contributed by atoms with Crippen molar-refractivity contribution in [3.63, 3.8) is 0 Å². The van der Waals surface area contributed by atoms with E-state index in [9.17, 15) is 4.79 Å². The van der Waals surface area contributed by atoms with E-state index in [4.69, 9.17) is 21.7 Å². The van der Waals surface area contributed by atoms with Gasteiger partial charge >= 0.3 is 0 Å². The predicted molar refractivity (Wildman–Crippen MR) is 108 cm³/mol. The first-order valence-electron chi connectivity index (χ1n) is 8.32. The number of rotatable bonds is 8. The predicted octanol–water partition coefficient (Wildman–Crippen LogP) is 4.17. The van der Waals surface area contributed by atoms with Crippen molar-refractivity contribution in [1.29, 1.82) is 0 Å². The van der Waals surface area contributed by atoms with Gasteiger partial charge in [0, 0.05) is 0 Å². The lowest BCUT2D eigenvalue weighted by Crippen LogP contribution is -2.34. The van der Waals surface area contributed by atoms with Crippen molar-refractivity contribution in [2.24, 2.45) is 0 Å². The van der Waals surface area contributed by atoms with Crippen LogP contribution in [0.25, 0.3) is 0 Å². The Morgan fingerprint density at radius 3 is 2.54 bits per heavy atom. The van der Waals surface area contributed by atoms with Gasteiger partial charge in [0.05, 0.1) is 17.9 Å². The van der Waals surface area contributed by atoms with E-state index in [-0.39, 0.29) is 11.0 Å². The summed E-state index contributed by atoms with van der Waals surface area (Å²) in [4.78, 5) is 12.5. The van der Waals surface area contributed by atoms with Gasteiger partial charge in [-0.1, -0.05) is 43.8 Å². The van der Waals surface area contributed by atoms with Crippen LogP contribution in [0.2, 0.25) is 0 Å². The highest BCUT2D eigenvalue weighted by Gasteiger charge is 2.14. The number of carbonyl (C=O) groups is 1. The molecule has 136 valence electrons. The number of hydrogen-bond donors (Lipinski definition) is 2. The molecule has 0 radical (unpaired) electrons. The van der Waals surface area contributed by atoms with Gasteiger partial charge in [0.15, 0.2) is 5.11 Å². The molecular weight excluding hydrogens is 348 g/mol. The standard InChI is InChI=1S/C20H22N2O3S/c1-3-13-24-17-11-7-5-9-15(17)19(23)22-20(26)21-16-10-6-8-12-18(16)25-14-4-2/h4-12H,2-3,13-14H2,1H3,(H2,21,22,23,26). The van der Waals surface area contributed by atoms with Gasteiger partial charge in [-0.25, -0.2) is 0 Å². The Balaban J connectivity index is 2.04. The van der Waals surface area contributed by atoms with Gasteiger partial charge in [0.1, 0.15) is 18.1 Å². The Labute approximate surface area is 159 Å². The smallest absolute Gasteiger partial charge is 0.261 e. The number of anilines is 1. The van der Waals surface area contributed by atoms with Gasteiger partial charge in [0.2, 0.25) is 0 Å². The molecule has 2 N–H and O–H groups in total. The van der Waals surface area contributed by atoms with E-state index in [1.807, 2.05) is 37.3 Å². The lowest BCUT2D eigenvalue weighted by Gasteiger charge is -2.14. The summed E-state index contributed by atoms with van der Waals surface area (Å²) in [7, 11) is 0. The van der Waals surface area contributed by atoms with Gasteiger partial charge in [0.25, 0.3) is 5.91 Å². The van der Waals surface area contributed by atoms with Gasteiger partial charge in [-0.15, -0.1) is 0 Å². The molecule has 0 spiro atoms. The number of nitrogens with one attached hydrogen (secondary N) is 2. The molecule has 0 saturated carbocycles. The number of carbonyl (C=O) groups excluding carboxylic acids is 1. The molecule has 26 heavy (non-hydrogen) atoms. The van der Waals surface area contributed by atoms with Gasteiger partial charge in [-0.05, 0) is 42.9 Å². The van der Waals surface area contributed by atoms with Crippen LogP contribution in [0.4, 0.5) is 5.69 Å². The summed E-state index contributed by atoms with van der Waals surface area (Å²) in [6.07, 6.45) is 2.52. The van der Waals surface area contributed by atoms with Gasteiger partial charge in [-0.3, -0.25) is 10.1 Å². The second-order valence-corrected chi connectivity index (χ2v) is 5.76. The summed E-state index contributed by atoms with van der Waals surface area (Å²) in [5, 5.41) is 5.83. The molecule has 0 fully saturated rings. The highest BCUT2D eigenvalue weighted by molar-refractivity contribution is 7.80. The fourth-order valence-electron chi connectivity index (χ4n) is 2.16. The van der Waals surface area contributed by atoms with Crippen LogP contribution < -0.4 is 20.1 Å². The summed E-state index contributed by atoms with van der Waals surface area (Å²) in [6.45, 7) is 6.55. The molecular formula is C20H22N2O3S. The lowest BCUT2D eigenvalue weighted by atomic mass is 10.2. The van der Waals surface area contributed by atoms with Crippen molar-refractivity contribution in [2.45, 2.75) is 13.3 Å². The van der Waals surface area contributed by atoms with E-state index >= 15 is 0 Å². The summed E-state index contributed by atoms with van der Waals surface area (Å²) in [6, 6.07) is 14.4. The van der Waals surface area contributed by atoms with Crippen LogP contribution in [0.5, 0.6) is 11.5 Å². The number of ether oxygens (including phenoxy) is 2. The SMILES string of the molecule is C=CCOc1ccccc1NC(=S)NC(=O)c1ccccc1OCCC. The van der Waals surface area contributed by atoms with E-state index in [0.717, 1.165) is 6.42 Å². The Bertz CT molecular complexity index is 777. The fraction of sp³-hybridized carbons (Fsp3) is 0.200. The van der Waals surface area contributed by atoms with Crippen LogP contribution >= 0.6 is 12.2 Å². The first-order chi connectivity index (χ1) is 12.7. The maximum absolute atomic E-state index is 12.5. The monoisotopic (exact) mass is 370 g/mol. The van der Waals surface area contributed by atoms with Crippen molar-refractivity contribution in [1.82, 2.24) is 5.32 Å². The Kier molecular flexibility index (Phi) is 7.64. The molecule has 0 aliphatic heterocycles. The minimum Gasteiger partial charge on any atom is -0.493 e. The van der Waals surface area contributed by atoms with Crippen LogP contribution in [0.3, 0.4) is 0 Å². The van der Waals surface area contributed by atoms with Crippen LogP contribution in [0, 0.1) is 0 Å². The second-order valence-electron chi connectivity index (χ2n) is 5.35. The number of benzene rings is 2. The molecule has 0 bridgehead atoms. The first kappa shape index (κ1) is 19.5. The highest BCUT2D eigenvalue weighted by Crippen LogP contribution is 2.24. The summed E-state index contributed by atoms with van der Waals surface area (Å²) >= 11 is 5.26. The van der Waals surface area contributed by atoms with E-state index in [2.05, 4.69) is 17.2 Å². The number of hydrogen-bond acceptors (Lipinski definition) is 4. The van der Waals surface area contributed by atoms with Crippen molar-refractivity contribution in [2.75, 3.05) is 18.5 Å². The summed E-state index contributed by atoms with van der Waals surface area (Å²) in [5.74, 6) is 0.818. The van der Waals surface area contributed by atoms with Crippen LogP contribution in [-0.4, -0.2) is 24.2 Å². The van der Waals surface area contributed by atoms with E-state index in [1.54, 1.807) is 24.3 Å². The molecule has 1 amide bonds. The average Bonchev–Trinajstić information content (AvgIpc) is 2.65. The average molecular weight is 370 g/mol. The van der Waals surface area contributed by atoms with Crippen molar-refractivity contribution < 1.29 is 14.3 Å². The Morgan fingerprint density at radius 2 is 1.81 bits per heavy atom. The highest BCUT2D eigenvalue weighted by atomic mass is 32.1. The molecule has 6 heteroatoms. The van der Waals surface area contributed by atoms with Gasteiger partial charge in [-0.2, -0.15) is 0 Å². The maximum atomic E-state index is 12.5. The Hall–Kier alpha value is -2.86. The van der Waals surface area contributed by atoms with Crippen LogP contribution in [0.15, 0.2) is 61.2 Å². The van der Waals surface area contributed by atoms with Crippen LogP contribution in [-0.2, 0) is 0 Å². The molecule has 0 unspecified atom stereocenters. The van der Waals surface area contributed by atoms with Crippen LogP contribution in [0.1, 0.15) is 23.7 Å². The van der Waals surface area contributed by atoms with Gasteiger partial charge < -0.3 is 14.8 Å². The summed E-state index contributed by atoms with van der Waals surface area (Å²) < 4.78 is 11.2. The number of thiocarbonyl (C=S) groups is 1. The molecule has 0 aliphatic carbocycles. The zero-order chi connectivity index (χ0) is 18.8. The van der Waals surface area contributed by atoms with Crippen molar-refractivity contribution in [3.8, 4) is 11.5 Å². The molecule has 2 aromatic rings. The quantitative estimate of drug-likeness (QED) is 0.540. The van der Waals surface area contributed by atoms with Crippen molar-refractivity contribution in [3.05, 3.63) is 66.7 Å². The third-order valence-corrected chi connectivity index (χ3v) is 3.52. The third kappa shape index (κ3) is 5.60. The Morgan fingerprint density at radius 1 is 1.12 bits per heavy atom. The lowest BCUT2D eigenvalue weighted by molar-refractivity contribution is 0.0973. The normalized spacial score (nSPS) is 9.88. The minimum absolute atomic E-state index is 0.176. The molecule has 5 nitrogen and oxygen atoms in total. The largest absolute Gasteiger partial charge is 0.493 e. The fourth-order valence-corrected chi connectivity index (χ4v) is 2.36. The zero-order valence-electron chi connectivity index (χ0n) is 14.7. The summed E-state index contributed by atoms with van der Waals surface area (Å²) in [5.41, 5.74) is 1.09.